The number of rotatable bonds is 1. The van der Waals surface area contributed by atoms with Crippen molar-refractivity contribution >= 4 is 16.7 Å². The van der Waals surface area contributed by atoms with Crippen LogP contribution in [0.1, 0.15) is 0 Å². The first kappa shape index (κ1) is 7.09. The first-order valence-corrected chi connectivity index (χ1v) is 3.79. The molecule has 0 amide bonds. The summed E-state index contributed by atoms with van der Waals surface area (Å²) in [6, 6.07) is 5.96. The molecule has 1 aromatic carbocycles. The minimum atomic E-state index is 0.919. The molecule has 1 N–H and O–H groups in total. The predicted molar refractivity (Wildman–Crippen MR) is 48.1 cm³/mol. The molecular formula is C8H10N4. The fraction of sp³-hybridized carbons (Fsp3) is 0.250. The summed E-state index contributed by atoms with van der Waals surface area (Å²) in [6.07, 6.45) is 0. The van der Waals surface area contributed by atoms with Gasteiger partial charge in [0.15, 0.2) is 0 Å². The van der Waals surface area contributed by atoms with E-state index in [1.807, 2.05) is 32.3 Å². The van der Waals surface area contributed by atoms with Crippen molar-refractivity contribution in [3.05, 3.63) is 18.2 Å². The minimum Gasteiger partial charge on any atom is -0.386 e. The van der Waals surface area contributed by atoms with Crippen LogP contribution >= 0.6 is 0 Å². The summed E-state index contributed by atoms with van der Waals surface area (Å²) in [5, 5.41) is 11.0. The molecule has 0 bridgehead atoms. The number of hydrogen-bond donors (Lipinski definition) is 1. The Labute approximate surface area is 70.2 Å². The Hall–Kier alpha value is -1.58. The van der Waals surface area contributed by atoms with Crippen molar-refractivity contribution in [3.63, 3.8) is 0 Å². The number of benzene rings is 1. The van der Waals surface area contributed by atoms with Gasteiger partial charge in [-0.15, -0.1) is 5.10 Å². The Balaban J connectivity index is 2.81. The van der Waals surface area contributed by atoms with E-state index < -0.39 is 0 Å². The van der Waals surface area contributed by atoms with Crippen LogP contribution in [0.5, 0.6) is 0 Å². The normalized spacial score (nSPS) is 10.5. The van der Waals surface area contributed by atoms with Gasteiger partial charge in [-0.2, -0.15) is 0 Å². The molecule has 0 atom stereocenters. The molecule has 0 fully saturated rings. The summed E-state index contributed by atoms with van der Waals surface area (Å²) >= 11 is 0. The van der Waals surface area contributed by atoms with Crippen LogP contribution in [0.4, 0.5) is 5.69 Å². The van der Waals surface area contributed by atoms with Crippen molar-refractivity contribution < 1.29 is 0 Å². The van der Waals surface area contributed by atoms with Gasteiger partial charge in [-0.25, -0.2) is 4.68 Å². The molecule has 2 aromatic rings. The summed E-state index contributed by atoms with van der Waals surface area (Å²) in [7, 11) is 3.76. The number of aryl methyl sites for hydroxylation is 1. The second kappa shape index (κ2) is 2.48. The van der Waals surface area contributed by atoms with E-state index in [-0.39, 0.29) is 0 Å². The number of anilines is 1. The van der Waals surface area contributed by atoms with Crippen LogP contribution in [-0.2, 0) is 7.05 Å². The van der Waals surface area contributed by atoms with Crippen molar-refractivity contribution in [1.82, 2.24) is 15.0 Å². The van der Waals surface area contributed by atoms with Crippen molar-refractivity contribution in [1.29, 1.82) is 0 Å². The molecule has 2 rings (SSSR count). The summed E-state index contributed by atoms with van der Waals surface area (Å²) in [5.74, 6) is 0. The van der Waals surface area contributed by atoms with Gasteiger partial charge >= 0.3 is 0 Å². The molecule has 0 spiro atoms. The number of aromatic nitrogens is 3. The summed E-state index contributed by atoms with van der Waals surface area (Å²) < 4.78 is 1.76. The monoisotopic (exact) mass is 162 g/mol. The Bertz CT molecular complexity index is 404. The third kappa shape index (κ3) is 0.845. The van der Waals surface area contributed by atoms with E-state index in [0.717, 1.165) is 16.7 Å². The molecule has 0 saturated carbocycles. The van der Waals surface area contributed by atoms with Crippen LogP contribution in [0.15, 0.2) is 18.2 Å². The zero-order valence-electron chi connectivity index (χ0n) is 7.07. The minimum absolute atomic E-state index is 0.919. The number of nitrogens with zero attached hydrogens (tertiary/aromatic N) is 3. The van der Waals surface area contributed by atoms with Crippen LogP contribution in [0.3, 0.4) is 0 Å². The van der Waals surface area contributed by atoms with Crippen molar-refractivity contribution in [3.8, 4) is 0 Å². The van der Waals surface area contributed by atoms with Crippen molar-refractivity contribution in [2.24, 2.45) is 7.05 Å². The van der Waals surface area contributed by atoms with Gasteiger partial charge in [0.1, 0.15) is 5.52 Å². The van der Waals surface area contributed by atoms with E-state index in [9.17, 15) is 0 Å². The number of nitrogens with one attached hydrogen (secondary N) is 1. The maximum atomic E-state index is 4.04. The van der Waals surface area contributed by atoms with Gasteiger partial charge in [-0.1, -0.05) is 11.3 Å². The quantitative estimate of drug-likeness (QED) is 0.680. The summed E-state index contributed by atoms with van der Waals surface area (Å²) in [6.45, 7) is 0. The molecule has 4 nitrogen and oxygen atoms in total. The molecule has 0 aliphatic heterocycles. The number of fused-ring (bicyclic) bond motifs is 1. The van der Waals surface area contributed by atoms with Gasteiger partial charge in [0.2, 0.25) is 0 Å². The molecule has 0 aliphatic rings. The topological polar surface area (TPSA) is 42.7 Å². The van der Waals surface area contributed by atoms with E-state index in [1.165, 1.54) is 0 Å². The predicted octanol–water partition coefficient (Wildman–Crippen LogP) is 1.01. The summed E-state index contributed by atoms with van der Waals surface area (Å²) in [5.41, 5.74) is 2.98. The zero-order valence-corrected chi connectivity index (χ0v) is 7.07. The highest BCUT2D eigenvalue weighted by atomic mass is 15.4. The third-order valence-electron chi connectivity index (χ3n) is 1.91. The summed E-state index contributed by atoms with van der Waals surface area (Å²) in [4.78, 5) is 0. The Morgan fingerprint density at radius 1 is 1.42 bits per heavy atom. The lowest BCUT2D eigenvalue weighted by atomic mass is 10.2. The maximum Gasteiger partial charge on any atom is 0.136 e. The lowest BCUT2D eigenvalue weighted by molar-refractivity contribution is 0.736. The highest BCUT2D eigenvalue weighted by molar-refractivity contribution is 5.87. The van der Waals surface area contributed by atoms with Crippen LogP contribution in [0.2, 0.25) is 0 Å². The van der Waals surface area contributed by atoms with Crippen LogP contribution < -0.4 is 5.32 Å². The highest BCUT2D eigenvalue weighted by Crippen LogP contribution is 2.18. The standard InChI is InChI=1S/C8H10N4/c1-9-6-4-3-5-7-8(6)10-11-12(7)2/h3-5,9H,1-2H3. The maximum absolute atomic E-state index is 4.04. The van der Waals surface area contributed by atoms with Crippen molar-refractivity contribution in [2.45, 2.75) is 0 Å². The third-order valence-corrected chi connectivity index (χ3v) is 1.91. The first-order valence-electron chi connectivity index (χ1n) is 3.79. The molecule has 62 valence electrons. The van der Waals surface area contributed by atoms with E-state index in [2.05, 4.69) is 15.6 Å². The molecule has 1 heterocycles. The number of hydrogen-bond acceptors (Lipinski definition) is 3. The van der Waals surface area contributed by atoms with E-state index in [1.54, 1.807) is 4.68 Å². The average Bonchev–Trinajstić information content (AvgIpc) is 2.48. The van der Waals surface area contributed by atoms with Gasteiger partial charge in [0, 0.05) is 14.1 Å². The largest absolute Gasteiger partial charge is 0.386 e. The van der Waals surface area contributed by atoms with Gasteiger partial charge in [-0.3, -0.25) is 0 Å². The Morgan fingerprint density at radius 2 is 2.25 bits per heavy atom. The molecule has 1 aromatic heterocycles. The molecule has 0 unspecified atom stereocenters. The van der Waals surface area contributed by atoms with Crippen molar-refractivity contribution in [2.75, 3.05) is 12.4 Å². The van der Waals surface area contributed by atoms with Gasteiger partial charge in [0.25, 0.3) is 0 Å². The second-order valence-electron chi connectivity index (χ2n) is 2.64. The first-order chi connectivity index (χ1) is 5.83. The SMILES string of the molecule is CNc1cccc2c1nnn2C. The second-order valence-corrected chi connectivity index (χ2v) is 2.64. The van der Waals surface area contributed by atoms with Crippen LogP contribution in [0.25, 0.3) is 11.0 Å². The fourth-order valence-electron chi connectivity index (χ4n) is 1.26. The van der Waals surface area contributed by atoms with E-state index >= 15 is 0 Å². The highest BCUT2D eigenvalue weighted by Gasteiger charge is 2.03. The molecule has 0 saturated heterocycles. The molecule has 0 radical (unpaired) electrons. The molecule has 4 heteroatoms. The van der Waals surface area contributed by atoms with Gasteiger partial charge in [0.05, 0.1) is 11.2 Å². The van der Waals surface area contributed by atoms with Gasteiger partial charge < -0.3 is 5.32 Å². The van der Waals surface area contributed by atoms with E-state index in [4.69, 9.17) is 0 Å². The lowest BCUT2D eigenvalue weighted by Gasteiger charge is -1.98. The Kier molecular flexibility index (Phi) is 1.46. The fourth-order valence-corrected chi connectivity index (χ4v) is 1.26. The lowest BCUT2D eigenvalue weighted by Crippen LogP contribution is -1.90. The smallest absolute Gasteiger partial charge is 0.136 e. The average molecular weight is 162 g/mol. The molecular weight excluding hydrogens is 152 g/mol. The Morgan fingerprint density at radius 3 is 3.00 bits per heavy atom. The van der Waals surface area contributed by atoms with Crippen LogP contribution in [0, 0.1) is 0 Å². The molecule has 12 heavy (non-hydrogen) atoms. The van der Waals surface area contributed by atoms with E-state index in [0.29, 0.717) is 0 Å². The molecule has 0 aliphatic carbocycles. The van der Waals surface area contributed by atoms with Gasteiger partial charge in [-0.05, 0) is 12.1 Å². The van der Waals surface area contributed by atoms with Crippen LogP contribution in [-0.4, -0.2) is 22.0 Å². The zero-order chi connectivity index (χ0) is 8.55.